The van der Waals surface area contributed by atoms with Gasteiger partial charge in [0.2, 0.25) is 0 Å². The molecule has 1 nitrogen and oxygen atoms in total. The van der Waals surface area contributed by atoms with Gasteiger partial charge in [-0.25, -0.2) is 8.78 Å². The molecule has 0 atom stereocenters. The van der Waals surface area contributed by atoms with Crippen molar-refractivity contribution in [1.82, 2.24) is 0 Å². The van der Waals surface area contributed by atoms with Crippen LogP contribution in [0.5, 0.6) is 0 Å². The third-order valence-electron chi connectivity index (χ3n) is 4.28. The Balaban J connectivity index is 2.46. The van der Waals surface area contributed by atoms with Crippen molar-refractivity contribution in [3.8, 4) is 0 Å². The normalized spacial score (nSPS) is 12.4. The van der Waals surface area contributed by atoms with Crippen LogP contribution in [0.2, 0.25) is 17.1 Å². The fourth-order valence-electron chi connectivity index (χ4n) is 2.68. The highest BCUT2D eigenvalue weighted by molar-refractivity contribution is 6.75. The summed E-state index contributed by atoms with van der Waals surface area (Å²) in [4.78, 5) is 10.8. The van der Waals surface area contributed by atoms with Gasteiger partial charge in [-0.3, -0.25) is 0 Å². The first-order chi connectivity index (χ1) is 9.27. The molecule has 0 saturated heterocycles. The summed E-state index contributed by atoms with van der Waals surface area (Å²) in [7, 11) is -2.20. The topological polar surface area (TPSA) is 20.2 Å². The highest BCUT2D eigenvalue weighted by atomic mass is 28.4. The number of aryl methyl sites for hydroxylation is 1. The van der Waals surface area contributed by atoms with Gasteiger partial charge in [0.1, 0.15) is 0 Å². The minimum Gasteiger partial charge on any atom is -0.431 e. The molecule has 0 radical (unpaired) electrons. The van der Waals surface area contributed by atoms with Crippen LogP contribution in [0.25, 0.3) is 0 Å². The lowest BCUT2D eigenvalue weighted by Gasteiger charge is -2.33. The summed E-state index contributed by atoms with van der Waals surface area (Å²) >= 11 is 0. The summed E-state index contributed by atoms with van der Waals surface area (Å²) in [6.07, 6.45) is 2.58. The van der Waals surface area contributed by atoms with Gasteiger partial charge in [-0.1, -0.05) is 40.2 Å². The Morgan fingerprint density at radius 1 is 1.00 bits per heavy atom. The molecule has 0 unspecified atom stereocenters. The van der Waals surface area contributed by atoms with E-state index < -0.39 is 20.0 Å². The summed E-state index contributed by atoms with van der Waals surface area (Å²) in [6.45, 7) is 8.40. The maximum absolute atomic E-state index is 13.1. The number of hydrogen-bond acceptors (Lipinski definition) is 1. The maximum Gasteiger partial charge on any atom is 0.193 e. The number of benzene rings is 1. The molecule has 1 rings (SSSR count). The average molecular weight is 300 g/mol. The van der Waals surface area contributed by atoms with Crippen molar-refractivity contribution < 1.29 is 13.6 Å². The van der Waals surface area contributed by atoms with Crippen molar-refractivity contribution in [2.75, 3.05) is 0 Å². The Labute approximate surface area is 122 Å². The van der Waals surface area contributed by atoms with Crippen molar-refractivity contribution in [2.45, 2.75) is 64.1 Å². The average Bonchev–Trinajstić information content (AvgIpc) is 2.37. The molecular weight excluding hydrogens is 274 g/mol. The van der Waals surface area contributed by atoms with Gasteiger partial charge >= 0.3 is 0 Å². The smallest absolute Gasteiger partial charge is 0.193 e. The molecule has 0 heterocycles. The molecule has 114 valence electrons. The fourth-order valence-corrected chi connectivity index (χ4v) is 5.98. The Bertz CT molecular complexity index is 424. The SMILES string of the molecule is CC(C)[Si](O)(CCCCc1ccc(F)c(F)c1)C(C)C. The molecule has 1 aromatic rings. The molecule has 0 aliphatic heterocycles. The summed E-state index contributed by atoms with van der Waals surface area (Å²) in [5.74, 6) is -1.58. The van der Waals surface area contributed by atoms with Crippen molar-refractivity contribution in [3.63, 3.8) is 0 Å². The quantitative estimate of drug-likeness (QED) is 0.552. The molecule has 0 saturated carbocycles. The Morgan fingerprint density at radius 3 is 2.10 bits per heavy atom. The van der Waals surface area contributed by atoms with Crippen LogP contribution in [0.4, 0.5) is 8.78 Å². The second-order valence-corrected chi connectivity index (χ2v) is 11.0. The van der Waals surface area contributed by atoms with Crippen LogP contribution < -0.4 is 0 Å². The summed E-state index contributed by atoms with van der Waals surface area (Å²) in [6, 6.07) is 4.96. The second kappa shape index (κ2) is 7.32. The van der Waals surface area contributed by atoms with E-state index in [0.29, 0.717) is 11.1 Å². The van der Waals surface area contributed by atoms with Crippen LogP contribution >= 0.6 is 0 Å². The molecule has 0 aliphatic rings. The summed E-state index contributed by atoms with van der Waals surface area (Å²) < 4.78 is 25.9. The van der Waals surface area contributed by atoms with E-state index in [9.17, 15) is 13.6 Å². The van der Waals surface area contributed by atoms with E-state index in [1.807, 2.05) is 0 Å². The molecule has 4 heteroatoms. The van der Waals surface area contributed by atoms with Gasteiger partial charge in [0, 0.05) is 0 Å². The van der Waals surface area contributed by atoms with E-state index >= 15 is 0 Å². The van der Waals surface area contributed by atoms with E-state index in [-0.39, 0.29) is 0 Å². The van der Waals surface area contributed by atoms with Crippen LogP contribution in [-0.2, 0) is 6.42 Å². The van der Waals surface area contributed by atoms with Gasteiger partial charge in [-0.15, -0.1) is 0 Å². The van der Waals surface area contributed by atoms with E-state index in [4.69, 9.17) is 0 Å². The zero-order valence-corrected chi connectivity index (χ0v) is 13.9. The standard InChI is InChI=1S/C16H26F2OSi/c1-12(2)20(19,13(3)4)10-6-5-7-14-8-9-15(17)16(18)11-14/h8-9,11-13,19H,5-7,10H2,1-4H3. The lowest BCUT2D eigenvalue weighted by atomic mass is 10.1. The zero-order valence-electron chi connectivity index (χ0n) is 12.9. The van der Waals surface area contributed by atoms with E-state index in [2.05, 4.69) is 27.7 Å². The predicted octanol–water partition coefficient (Wildman–Crippen LogP) is 5.05. The largest absolute Gasteiger partial charge is 0.431 e. The van der Waals surface area contributed by atoms with Crippen LogP contribution in [0.1, 0.15) is 46.1 Å². The molecule has 0 bridgehead atoms. The van der Waals surface area contributed by atoms with Gasteiger partial charge in [0.15, 0.2) is 20.0 Å². The minimum atomic E-state index is -2.20. The summed E-state index contributed by atoms with van der Waals surface area (Å²) in [5.41, 5.74) is 1.53. The first-order valence-corrected chi connectivity index (χ1v) is 9.74. The van der Waals surface area contributed by atoms with Crippen LogP contribution in [0.15, 0.2) is 18.2 Å². The molecule has 20 heavy (non-hydrogen) atoms. The number of halogens is 2. The van der Waals surface area contributed by atoms with Crippen molar-refractivity contribution in [2.24, 2.45) is 0 Å². The van der Waals surface area contributed by atoms with Crippen molar-refractivity contribution >= 4 is 8.32 Å². The van der Waals surface area contributed by atoms with Gasteiger partial charge in [-0.2, -0.15) is 0 Å². The van der Waals surface area contributed by atoms with Crippen LogP contribution in [-0.4, -0.2) is 13.1 Å². The number of unbranched alkanes of at least 4 members (excludes halogenated alkanes) is 1. The minimum absolute atomic E-state index is 0.353. The maximum atomic E-state index is 13.1. The van der Waals surface area contributed by atoms with Crippen LogP contribution in [0, 0.1) is 11.6 Å². The summed E-state index contributed by atoms with van der Waals surface area (Å²) in [5, 5.41) is 0. The first kappa shape index (κ1) is 17.3. The molecule has 0 amide bonds. The third-order valence-corrected chi connectivity index (χ3v) is 9.43. The molecule has 0 aromatic heterocycles. The second-order valence-electron chi connectivity index (χ2n) is 6.26. The first-order valence-electron chi connectivity index (χ1n) is 7.43. The highest BCUT2D eigenvalue weighted by Crippen LogP contribution is 2.34. The molecule has 1 aromatic carbocycles. The Morgan fingerprint density at radius 2 is 1.60 bits per heavy atom. The van der Waals surface area contributed by atoms with E-state index in [1.165, 1.54) is 12.1 Å². The monoisotopic (exact) mass is 300 g/mol. The van der Waals surface area contributed by atoms with Crippen molar-refractivity contribution in [1.29, 1.82) is 0 Å². The van der Waals surface area contributed by atoms with Gasteiger partial charge < -0.3 is 4.80 Å². The molecule has 0 fully saturated rings. The van der Waals surface area contributed by atoms with Crippen molar-refractivity contribution in [3.05, 3.63) is 35.4 Å². The molecule has 1 N–H and O–H groups in total. The molecular formula is C16H26F2OSi. The Kier molecular flexibility index (Phi) is 6.33. The lowest BCUT2D eigenvalue weighted by Crippen LogP contribution is -2.41. The number of rotatable bonds is 7. The van der Waals surface area contributed by atoms with Gasteiger partial charge in [-0.05, 0) is 47.7 Å². The van der Waals surface area contributed by atoms with Gasteiger partial charge in [0.25, 0.3) is 0 Å². The van der Waals surface area contributed by atoms with E-state index in [0.717, 1.165) is 30.9 Å². The number of hydrogen-bond donors (Lipinski definition) is 1. The van der Waals surface area contributed by atoms with E-state index in [1.54, 1.807) is 6.07 Å². The highest BCUT2D eigenvalue weighted by Gasteiger charge is 2.37. The molecule has 0 aliphatic carbocycles. The third kappa shape index (κ3) is 4.38. The predicted molar refractivity (Wildman–Crippen MR) is 82.3 cm³/mol. The Hall–Kier alpha value is -0.743. The lowest BCUT2D eigenvalue weighted by molar-refractivity contribution is 0.484. The fraction of sp³-hybridized carbons (Fsp3) is 0.625. The molecule has 0 spiro atoms. The van der Waals surface area contributed by atoms with Gasteiger partial charge in [0.05, 0.1) is 0 Å². The van der Waals surface area contributed by atoms with Crippen LogP contribution in [0.3, 0.4) is 0 Å². The zero-order chi connectivity index (χ0) is 15.3.